The third kappa shape index (κ3) is 12.3. The number of phosphoric ester groups is 2. The van der Waals surface area contributed by atoms with Crippen molar-refractivity contribution in [3.8, 4) is 0 Å². The van der Waals surface area contributed by atoms with Crippen LogP contribution < -0.4 is 85.5 Å². The number of nitrogens with zero attached hydrogens (tertiary/aromatic N) is 1. The van der Waals surface area contributed by atoms with E-state index in [2.05, 4.69) is 13.4 Å². The molecule has 0 radical (unpaired) electrons. The Morgan fingerprint density at radius 1 is 0.981 bits per heavy atom. The summed E-state index contributed by atoms with van der Waals surface area (Å²) in [5.74, 6) is -1.96. The van der Waals surface area contributed by atoms with E-state index in [9.17, 15) is 67.3 Å². The molecule has 0 aliphatic carbocycles. The maximum atomic E-state index is 12.7. The molecule has 11 atom stereocenters. The number of hydrogen-bond donors (Lipinski definition) is 7. The Kier molecular flexibility index (Phi) is 18.1. The number of aliphatic hydroxyl groups excluding tert-OH is 5. The van der Waals surface area contributed by atoms with E-state index in [1.54, 1.807) is 6.92 Å². The van der Waals surface area contributed by atoms with Gasteiger partial charge in [-0.1, -0.05) is 17.7 Å². The van der Waals surface area contributed by atoms with Gasteiger partial charge in [0.15, 0.2) is 12.5 Å². The van der Waals surface area contributed by atoms with Crippen LogP contribution in [0.1, 0.15) is 11.8 Å². The predicted molar refractivity (Wildman–Crippen MR) is 161 cm³/mol. The average molecular weight is 838 g/mol. The topological polar surface area (TPSA) is 346 Å². The first-order chi connectivity index (χ1) is 23.2. The second kappa shape index (κ2) is 19.7. The fourth-order valence-corrected chi connectivity index (χ4v) is 9.21. The first kappa shape index (κ1) is 47.8. The van der Waals surface area contributed by atoms with E-state index < -0.39 is 116 Å². The molecular weight excluding hydrogens is 806 g/mol. The van der Waals surface area contributed by atoms with Crippen molar-refractivity contribution in [2.75, 3.05) is 19.0 Å². The number of aliphatic hydroxyl groups is 5. The summed E-state index contributed by atoms with van der Waals surface area (Å²) < 4.78 is 74.4. The fraction of sp³-hybridized carbons (Fsp3) is 0.542. The Morgan fingerprint density at radius 2 is 1.60 bits per heavy atom. The number of carbonyl (C=O) groups is 1. The van der Waals surface area contributed by atoms with E-state index in [4.69, 9.17) is 9.47 Å². The number of aromatic nitrogens is 2. The van der Waals surface area contributed by atoms with E-state index in [1.165, 1.54) is 24.3 Å². The van der Waals surface area contributed by atoms with Crippen LogP contribution in [0.15, 0.2) is 51.0 Å². The normalized spacial score (nSPS) is 29.9. The summed E-state index contributed by atoms with van der Waals surface area (Å²) in [6, 6.07) is 4.51. The number of aryl methyl sites for hydroxylation is 1. The summed E-state index contributed by atoms with van der Waals surface area (Å²) >= 11 is 0. The number of ether oxygens (including phenoxy) is 2. The molecule has 3 heterocycles. The number of carbonyl (C=O) groups excluding carboxylic acids is 1. The molecule has 2 saturated heterocycles. The van der Waals surface area contributed by atoms with Gasteiger partial charge in [-0.25, -0.2) is 17.5 Å². The molecule has 2 aromatic rings. The monoisotopic (exact) mass is 837 g/mol. The molecule has 2 aliphatic heterocycles. The Balaban J connectivity index is 0.00000468. The van der Waals surface area contributed by atoms with Gasteiger partial charge in [0.1, 0.15) is 42.7 Å². The second-order valence-electron chi connectivity index (χ2n) is 10.8. The largest absolute Gasteiger partial charge is 1.00 e. The minimum atomic E-state index is -6.13. The molecule has 0 saturated carbocycles. The van der Waals surface area contributed by atoms with Gasteiger partial charge in [0.05, 0.1) is 23.9 Å². The van der Waals surface area contributed by atoms with Crippen LogP contribution in [0.2, 0.25) is 0 Å². The van der Waals surface area contributed by atoms with E-state index >= 15 is 0 Å². The van der Waals surface area contributed by atoms with Crippen LogP contribution in [0.4, 0.5) is 0 Å². The molecule has 0 bridgehead atoms. The molecule has 2 aliphatic rings. The summed E-state index contributed by atoms with van der Waals surface area (Å²) in [4.78, 5) is 62.8. The van der Waals surface area contributed by atoms with E-state index in [0.717, 1.165) is 17.8 Å². The molecule has 7 N–H and O–H groups in total. The molecule has 1 amide bonds. The van der Waals surface area contributed by atoms with Crippen molar-refractivity contribution in [3.63, 3.8) is 0 Å². The van der Waals surface area contributed by atoms with Crippen LogP contribution in [-0.4, -0.2) is 117 Å². The number of amides is 1. The number of phosphoric acid groups is 2. The van der Waals surface area contributed by atoms with Crippen molar-refractivity contribution < 1.29 is 140 Å². The van der Waals surface area contributed by atoms with Gasteiger partial charge in [-0.2, -0.15) is 0 Å². The number of nitrogens with one attached hydrogen (secondary N) is 2. The quantitative estimate of drug-likeness (QED) is 0.0528. The number of hydrogen-bond acceptors (Lipinski definition) is 20. The van der Waals surface area contributed by atoms with Crippen LogP contribution >= 0.6 is 26.4 Å². The third-order valence-electron chi connectivity index (χ3n) is 7.16. The fourth-order valence-electron chi connectivity index (χ4n) is 4.64. The third-order valence-corrected chi connectivity index (χ3v) is 13.1. The Bertz CT molecular complexity index is 1850. The van der Waals surface area contributed by atoms with Gasteiger partial charge in [-0.05, 0) is 29.9 Å². The zero-order chi connectivity index (χ0) is 37.2. The van der Waals surface area contributed by atoms with Crippen molar-refractivity contribution in [2.24, 2.45) is 0 Å². The van der Waals surface area contributed by atoms with Gasteiger partial charge in [-0.3, -0.25) is 32.8 Å². The molecule has 22 nitrogen and oxygen atoms in total. The molecular formula is C24H31N3Na2O19P2S2. The van der Waals surface area contributed by atoms with Crippen LogP contribution in [0.25, 0.3) is 0 Å². The van der Waals surface area contributed by atoms with Crippen LogP contribution in [-0.2, 0) is 45.6 Å². The minimum Gasteiger partial charge on any atom is -0.756 e. The molecule has 2 unspecified atom stereocenters. The molecule has 1 aromatic heterocycles. The summed E-state index contributed by atoms with van der Waals surface area (Å²) in [5.41, 5.74) is -1.08. The van der Waals surface area contributed by atoms with Gasteiger partial charge in [0.25, 0.3) is 21.2 Å². The zero-order valence-electron chi connectivity index (χ0n) is 27.4. The van der Waals surface area contributed by atoms with Crippen LogP contribution in [0.5, 0.6) is 0 Å². The SMILES string of the molecule is Cc1ccc(S(=O)(=O)SCC(=O)N[C@H]2[C@@H](OP(=O)([O-])OP(=O)([O-])OC[C@H]3O[C@@H](n4ccc(=O)[nH]c4=O)[C@H](O)[C@@H]3O)O[C@H](CO)[C@H](O)[C@@H]2O)cc1.[Na+].[Na+]. The van der Waals surface area contributed by atoms with Crippen molar-refractivity contribution in [1.82, 2.24) is 14.9 Å². The van der Waals surface area contributed by atoms with E-state index in [-0.39, 0.29) is 74.8 Å². The van der Waals surface area contributed by atoms with Crippen LogP contribution in [0.3, 0.4) is 0 Å². The molecule has 52 heavy (non-hydrogen) atoms. The minimum absolute atomic E-state index is 0. The van der Waals surface area contributed by atoms with Crippen LogP contribution in [0, 0.1) is 6.92 Å². The first-order valence-corrected chi connectivity index (χ1v) is 20.0. The standard InChI is InChI=1S/C24H33N3O19P2S2.2Na/c1-11-2-4-12(5-3-11)50(40,41)49-10-16(30)25-17-20(33)18(31)13(8-28)44-23(17)45-48(38,39)46-47(36,37)42-9-14-19(32)21(34)22(43-14)27-7-6-15(29)26-24(27)35;;/h2-7,13-14,17-23,28,31-34H,8-10H2,1H3,(H,25,30)(H,36,37)(H,38,39)(H,26,29,35);;/q;2*+1/p-2/t13-,14-,17-,18+,19-,20-,21-,22-,23-;;/m1../s1. The van der Waals surface area contributed by atoms with Gasteiger partial charge < -0.3 is 54.6 Å². The second-order valence-corrected chi connectivity index (χ2v) is 17.6. The Morgan fingerprint density at radius 3 is 2.19 bits per heavy atom. The molecule has 28 heteroatoms. The van der Waals surface area contributed by atoms with Gasteiger partial charge >= 0.3 is 64.8 Å². The summed E-state index contributed by atoms with van der Waals surface area (Å²) in [7, 11) is -16.0. The first-order valence-electron chi connectivity index (χ1n) is 14.1. The van der Waals surface area contributed by atoms with Crippen molar-refractivity contribution in [3.05, 3.63) is 62.9 Å². The van der Waals surface area contributed by atoms with E-state index in [0.29, 0.717) is 4.57 Å². The Hall–Kier alpha value is -0.350. The molecule has 2 fully saturated rings. The summed E-state index contributed by atoms with van der Waals surface area (Å²) in [5, 5.41) is 52.9. The Labute approximate surface area is 341 Å². The maximum absolute atomic E-state index is 12.7. The van der Waals surface area contributed by atoms with Gasteiger partial charge in [0, 0.05) is 12.3 Å². The molecule has 280 valence electrons. The van der Waals surface area contributed by atoms with Crippen molar-refractivity contribution in [1.29, 1.82) is 0 Å². The summed E-state index contributed by atoms with van der Waals surface area (Å²) in [6.07, 6.45) is -14.4. The predicted octanol–water partition coefficient (Wildman–Crippen LogP) is -10.5. The van der Waals surface area contributed by atoms with Crippen molar-refractivity contribution >= 4 is 41.2 Å². The van der Waals surface area contributed by atoms with Gasteiger partial charge in [0.2, 0.25) is 14.8 Å². The summed E-state index contributed by atoms with van der Waals surface area (Å²) in [6.45, 7) is -0.496. The maximum Gasteiger partial charge on any atom is 1.00 e. The number of aromatic amines is 1. The number of H-pyrrole nitrogens is 1. The number of rotatable bonds is 14. The molecule has 4 rings (SSSR count). The smallest absolute Gasteiger partial charge is 0.756 e. The van der Waals surface area contributed by atoms with Crippen molar-refractivity contribution in [2.45, 2.75) is 67.0 Å². The van der Waals surface area contributed by atoms with E-state index in [1.807, 2.05) is 10.3 Å². The molecule has 1 aromatic carbocycles. The average Bonchev–Trinajstić information content (AvgIpc) is 3.30. The molecule has 0 spiro atoms. The number of benzene rings is 1. The van der Waals surface area contributed by atoms with Gasteiger partial charge in [-0.15, -0.1) is 0 Å². The zero-order valence-corrected chi connectivity index (χ0v) is 34.8.